The van der Waals surface area contributed by atoms with Gasteiger partial charge in [-0.05, 0) is 52.0 Å². The van der Waals surface area contributed by atoms with Crippen molar-refractivity contribution in [1.29, 1.82) is 0 Å². The van der Waals surface area contributed by atoms with Gasteiger partial charge in [-0.25, -0.2) is 0 Å². The Morgan fingerprint density at radius 3 is 2.38 bits per heavy atom. The molecule has 0 radical (unpaired) electrons. The number of allylic oxidation sites excluding steroid dienone is 1. The number of aliphatic hydroxyl groups is 1. The summed E-state index contributed by atoms with van der Waals surface area (Å²) in [5.74, 6) is 0.563. The first-order valence-electron chi connectivity index (χ1n) is 8.34. The van der Waals surface area contributed by atoms with Crippen LogP contribution in [0.25, 0.3) is 0 Å². The summed E-state index contributed by atoms with van der Waals surface area (Å²) < 4.78 is 5.63. The van der Waals surface area contributed by atoms with Gasteiger partial charge in [0, 0.05) is 31.7 Å². The molecule has 0 saturated carbocycles. The maximum atomic E-state index is 11.0. The average molecular weight is 334 g/mol. The molecule has 0 spiro atoms. The van der Waals surface area contributed by atoms with E-state index in [9.17, 15) is 9.90 Å². The molecule has 5 nitrogen and oxygen atoms in total. The lowest BCUT2D eigenvalue weighted by Crippen LogP contribution is -2.40. The van der Waals surface area contributed by atoms with Gasteiger partial charge < -0.3 is 15.2 Å². The molecule has 0 saturated heterocycles. The molecule has 0 fully saturated rings. The van der Waals surface area contributed by atoms with E-state index in [1.807, 2.05) is 0 Å². The third kappa shape index (κ3) is 8.13. The summed E-state index contributed by atoms with van der Waals surface area (Å²) in [7, 11) is 0. The molecule has 0 aliphatic rings. The summed E-state index contributed by atoms with van der Waals surface area (Å²) in [6.07, 6.45) is 1.60. The zero-order valence-corrected chi connectivity index (χ0v) is 15.4. The summed E-state index contributed by atoms with van der Waals surface area (Å²) in [6.45, 7) is 11.5. The van der Waals surface area contributed by atoms with Crippen molar-refractivity contribution in [2.24, 2.45) is 0 Å². The molecule has 134 valence electrons. The Morgan fingerprint density at radius 1 is 1.25 bits per heavy atom. The van der Waals surface area contributed by atoms with E-state index in [0.29, 0.717) is 18.3 Å². The summed E-state index contributed by atoms with van der Waals surface area (Å²) >= 11 is 0. The first-order valence-corrected chi connectivity index (χ1v) is 8.34. The van der Waals surface area contributed by atoms with Crippen LogP contribution in [0, 0.1) is 0 Å². The van der Waals surface area contributed by atoms with E-state index in [1.165, 1.54) is 12.5 Å². The van der Waals surface area contributed by atoms with E-state index in [-0.39, 0.29) is 12.5 Å². The van der Waals surface area contributed by atoms with E-state index < -0.39 is 6.10 Å². The lowest BCUT2D eigenvalue weighted by molar-refractivity contribution is -0.114. The number of hydrogen-bond donors (Lipinski definition) is 2. The van der Waals surface area contributed by atoms with Gasteiger partial charge in [0.2, 0.25) is 5.91 Å². The maximum absolute atomic E-state index is 11.0. The van der Waals surface area contributed by atoms with Gasteiger partial charge >= 0.3 is 0 Å². The van der Waals surface area contributed by atoms with Gasteiger partial charge in [0.05, 0.1) is 0 Å². The molecule has 0 heterocycles. The number of carbonyl (C=O) groups is 1. The van der Waals surface area contributed by atoms with Crippen molar-refractivity contribution >= 4 is 11.6 Å². The first kappa shape index (κ1) is 20.2. The molecule has 1 aromatic carbocycles. The SMILES string of the molecule is CC(=O)Nc1ccc(OCC(O)CN(CC=C(C)C)C(C)C)cc1. The Hall–Kier alpha value is -1.85. The second-order valence-electron chi connectivity index (χ2n) is 6.50. The highest BCUT2D eigenvalue weighted by Gasteiger charge is 2.14. The van der Waals surface area contributed by atoms with Crippen molar-refractivity contribution in [1.82, 2.24) is 4.90 Å². The average Bonchev–Trinajstić information content (AvgIpc) is 2.49. The quantitative estimate of drug-likeness (QED) is 0.681. The van der Waals surface area contributed by atoms with Crippen molar-refractivity contribution in [2.75, 3.05) is 25.0 Å². The Balaban J connectivity index is 2.47. The summed E-state index contributed by atoms with van der Waals surface area (Å²) in [5, 5.41) is 12.9. The number of hydrogen-bond acceptors (Lipinski definition) is 4. The van der Waals surface area contributed by atoms with Crippen molar-refractivity contribution in [3.63, 3.8) is 0 Å². The minimum atomic E-state index is -0.562. The van der Waals surface area contributed by atoms with Crippen LogP contribution in [0.4, 0.5) is 5.69 Å². The van der Waals surface area contributed by atoms with Gasteiger partial charge in [-0.3, -0.25) is 9.69 Å². The highest BCUT2D eigenvalue weighted by Crippen LogP contribution is 2.16. The van der Waals surface area contributed by atoms with Crippen LogP contribution in [0.5, 0.6) is 5.75 Å². The van der Waals surface area contributed by atoms with Crippen LogP contribution in [0.15, 0.2) is 35.9 Å². The molecular weight excluding hydrogens is 304 g/mol. The van der Waals surface area contributed by atoms with Crippen LogP contribution in [0.2, 0.25) is 0 Å². The van der Waals surface area contributed by atoms with Gasteiger partial charge in [-0.15, -0.1) is 0 Å². The second-order valence-corrected chi connectivity index (χ2v) is 6.50. The predicted molar refractivity (Wildman–Crippen MR) is 98.4 cm³/mol. The fraction of sp³-hybridized carbons (Fsp3) is 0.526. The zero-order valence-electron chi connectivity index (χ0n) is 15.4. The highest BCUT2D eigenvalue weighted by atomic mass is 16.5. The number of rotatable bonds is 9. The van der Waals surface area contributed by atoms with Gasteiger partial charge in [-0.1, -0.05) is 11.6 Å². The lowest BCUT2D eigenvalue weighted by atomic mass is 10.2. The monoisotopic (exact) mass is 334 g/mol. The van der Waals surface area contributed by atoms with Crippen LogP contribution in [-0.2, 0) is 4.79 Å². The Labute approximate surface area is 145 Å². The van der Waals surface area contributed by atoms with E-state index in [1.54, 1.807) is 24.3 Å². The topological polar surface area (TPSA) is 61.8 Å². The lowest BCUT2D eigenvalue weighted by Gasteiger charge is -2.27. The number of ether oxygens (including phenoxy) is 1. The normalized spacial score (nSPS) is 12.2. The van der Waals surface area contributed by atoms with Crippen LogP contribution in [0.1, 0.15) is 34.6 Å². The Kier molecular flexibility index (Phi) is 8.50. The molecule has 0 aliphatic heterocycles. The number of aliphatic hydroxyl groups excluding tert-OH is 1. The van der Waals surface area contributed by atoms with E-state index in [0.717, 1.165) is 12.2 Å². The molecule has 24 heavy (non-hydrogen) atoms. The molecule has 1 aromatic rings. The summed E-state index contributed by atoms with van der Waals surface area (Å²) in [6, 6.07) is 7.46. The fourth-order valence-electron chi connectivity index (χ4n) is 2.15. The number of anilines is 1. The van der Waals surface area contributed by atoms with Crippen molar-refractivity contribution in [3.8, 4) is 5.75 Å². The number of amides is 1. The van der Waals surface area contributed by atoms with Gasteiger partial charge in [0.15, 0.2) is 0 Å². The van der Waals surface area contributed by atoms with Crippen LogP contribution >= 0.6 is 0 Å². The molecule has 0 bridgehead atoms. The zero-order chi connectivity index (χ0) is 18.1. The van der Waals surface area contributed by atoms with Crippen molar-refractivity contribution in [2.45, 2.75) is 46.8 Å². The van der Waals surface area contributed by atoms with E-state index >= 15 is 0 Å². The second kappa shape index (κ2) is 10.1. The van der Waals surface area contributed by atoms with Gasteiger partial charge in [0.1, 0.15) is 18.5 Å². The van der Waals surface area contributed by atoms with Gasteiger partial charge in [-0.2, -0.15) is 0 Å². The Morgan fingerprint density at radius 2 is 1.88 bits per heavy atom. The molecule has 1 atom stereocenters. The number of carbonyl (C=O) groups excluding carboxylic acids is 1. The Bertz CT molecular complexity index is 534. The highest BCUT2D eigenvalue weighted by molar-refractivity contribution is 5.88. The van der Waals surface area contributed by atoms with Crippen molar-refractivity contribution < 1.29 is 14.6 Å². The summed E-state index contributed by atoms with van der Waals surface area (Å²) in [5.41, 5.74) is 1.99. The smallest absolute Gasteiger partial charge is 0.221 e. The van der Waals surface area contributed by atoms with E-state index in [4.69, 9.17) is 4.74 Å². The molecule has 1 amide bonds. The van der Waals surface area contributed by atoms with Crippen molar-refractivity contribution in [3.05, 3.63) is 35.9 Å². The minimum Gasteiger partial charge on any atom is -0.491 e. The first-order chi connectivity index (χ1) is 11.3. The standard InChI is InChI=1S/C19H30N2O3/c1-14(2)10-11-21(15(3)4)12-18(23)13-24-19-8-6-17(7-9-19)20-16(5)22/h6-10,15,18,23H,11-13H2,1-5H3,(H,20,22). The molecule has 5 heteroatoms. The summed E-state index contributed by atoms with van der Waals surface area (Å²) in [4.78, 5) is 13.2. The van der Waals surface area contributed by atoms with Crippen LogP contribution in [-0.4, -0.2) is 47.8 Å². The number of benzene rings is 1. The molecule has 0 aliphatic carbocycles. The van der Waals surface area contributed by atoms with Crippen LogP contribution in [0.3, 0.4) is 0 Å². The molecule has 1 rings (SSSR count). The third-order valence-corrected chi connectivity index (χ3v) is 3.53. The predicted octanol–water partition coefficient (Wildman–Crippen LogP) is 3.06. The van der Waals surface area contributed by atoms with E-state index in [2.05, 4.69) is 44.0 Å². The van der Waals surface area contributed by atoms with Crippen LogP contribution < -0.4 is 10.1 Å². The molecule has 2 N–H and O–H groups in total. The molecular formula is C19H30N2O3. The molecule has 0 aromatic heterocycles. The third-order valence-electron chi connectivity index (χ3n) is 3.53. The number of nitrogens with one attached hydrogen (secondary N) is 1. The fourth-order valence-corrected chi connectivity index (χ4v) is 2.15. The molecule has 1 unspecified atom stereocenters. The maximum Gasteiger partial charge on any atom is 0.221 e. The number of nitrogens with zero attached hydrogens (tertiary/aromatic N) is 1. The van der Waals surface area contributed by atoms with Gasteiger partial charge in [0.25, 0.3) is 0 Å². The minimum absolute atomic E-state index is 0.107. The largest absolute Gasteiger partial charge is 0.491 e.